The molecular formula is C15H22BrNS. The molecule has 18 heavy (non-hydrogen) atoms. The highest BCUT2D eigenvalue weighted by Gasteiger charge is 2.55. The molecule has 0 aromatic carbocycles. The molecule has 3 aliphatic rings. The minimum absolute atomic E-state index is 0.601. The lowest BCUT2D eigenvalue weighted by atomic mass is 9.45. The molecule has 2 bridgehead atoms. The second kappa shape index (κ2) is 4.60. The van der Waals surface area contributed by atoms with Crippen molar-refractivity contribution in [1.82, 2.24) is 5.32 Å². The molecule has 3 heteroatoms. The van der Waals surface area contributed by atoms with Crippen molar-refractivity contribution in [3.8, 4) is 0 Å². The molecule has 1 nitrogen and oxygen atoms in total. The summed E-state index contributed by atoms with van der Waals surface area (Å²) >= 11 is 5.38. The number of nitrogens with one attached hydrogen (secondary N) is 1. The van der Waals surface area contributed by atoms with Crippen LogP contribution in [0.2, 0.25) is 0 Å². The van der Waals surface area contributed by atoms with E-state index in [0.29, 0.717) is 5.41 Å². The molecule has 4 rings (SSSR count). The van der Waals surface area contributed by atoms with E-state index in [0.717, 1.165) is 30.3 Å². The molecule has 1 aromatic rings. The molecule has 0 unspecified atom stereocenters. The number of hydrogen-bond donors (Lipinski definition) is 1. The van der Waals surface area contributed by atoms with Gasteiger partial charge >= 0.3 is 0 Å². The van der Waals surface area contributed by atoms with Crippen LogP contribution < -0.4 is 5.32 Å². The van der Waals surface area contributed by atoms with E-state index in [1.165, 1.54) is 21.5 Å². The molecule has 100 valence electrons. The summed E-state index contributed by atoms with van der Waals surface area (Å²) in [5.41, 5.74) is 0.601. The second-order valence-electron chi connectivity index (χ2n) is 6.65. The lowest BCUT2D eigenvalue weighted by Gasteiger charge is -2.62. The number of rotatable bonds is 3. The Kier molecular flexibility index (Phi) is 3.36. The molecule has 0 saturated heterocycles. The van der Waals surface area contributed by atoms with Gasteiger partial charge in [-0.3, -0.25) is 0 Å². The van der Waals surface area contributed by atoms with Crippen LogP contribution in [0.15, 0.2) is 15.9 Å². The Balaban J connectivity index is 1.59. The molecule has 1 heterocycles. The summed E-state index contributed by atoms with van der Waals surface area (Å²) in [7, 11) is 0. The smallest absolute Gasteiger partial charge is 0.0701 e. The quantitative estimate of drug-likeness (QED) is 0.850. The van der Waals surface area contributed by atoms with Crippen molar-refractivity contribution in [3.05, 3.63) is 20.8 Å². The van der Waals surface area contributed by atoms with Crippen molar-refractivity contribution in [1.29, 1.82) is 0 Å². The van der Waals surface area contributed by atoms with Crippen molar-refractivity contribution in [3.63, 3.8) is 0 Å². The zero-order chi connectivity index (χ0) is 12.9. The molecule has 0 spiro atoms. The fourth-order valence-electron chi connectivity index (χ4n) is 4.10. The molecule has 4 atom stereocenters. The van der Waals surface area contributed by atoms with Crippen molar-refractivity contribution < 1.29 is 0 Å². The zero-order valence-corrected chi connectivity index (χ0v) is 13.8. The largest absolute Gasteiger partial charge is 0.309 e. The number of fused-ring (bicyclic) bond motifs is 2. The van der Waals surface area contributed by atoms with Gasteiger partial charge in [0.15, 0.2) is 0 Å². The SMILES string of the molecule is C[C@H]1[C@H](NCc2ccc(Br)s2)C[C@H]2C[C@@H]1C2(C)C. The maximum absolute atomic E-state index is 3.79. The summed E-state index contributed by atoms with van der Waals surface area (Å²) in [5.74, 6) is 2.71. The topological polar surface area (TPSA) is 12.0 Å². The Morgan fingerprint density at radius 1 is 1.39 bits per heavy atom. The molecule has 0 amide bonds. The summed E-state index contributed by atoms with van der Waals surface area (Å²) in [6, 6.07) is 5.09. The standard InChI is InChI=1S/C15H22BrNS/c1-9-12-6-10(15(12,2)3)7-13(9)17-8-11-4-5-14(16)18-11/h4-5,9-10,12-13,17H,6-8H2,1-3H3/t9-,10-,12+,13-/m1/s1. The van der Waals surface area contributed by atoms with Crippen molar-refractivity contribution in [2.75, 3.05) is 0 Å². The highest BCUT2D eigenvalue weighted by molar-refractivity contribution is 9.11. The van der Waals surface area contributed by atoms with Crippen LogP contribution in [0.5, 0.6) is 0 Å². The second-order valence-corrected chi connectivity index (χ2v) is 9.20. The lowest BCUT2D eigenvalue weighted by Crippen LogP contribution is -2.59. The van der Waals surface area contributed by atoms with Gasteiger partial charge in [0, 0.05) is 17.5 Å². The summed E-state index contributed by atoms with van der Waals surface area (Å²) in [5, 5.41) is 3.79. The normalized spacial score (nSPS) is 37.3. The van der Waals surface area contributed by atoms with E-state index < -0.39 is 0 Å². The third kappa shape index (κ3) is 2.08. The molecule has 3 aliphatic carbocycles. The monoisotopic (exact) mass is 327 g/mol. The first-order valence-corrected chi connectivity index (χ1v) is 8.57. The van der Waals surface area contributed by atoms with E-state index in [9.17, 15) is 0 Å². The Morgan fingerprint density at radius 3 is 2.72 bits per heavy atom. The highest BCUT2D eigenvalue weighted by atomic mass is 79.9. The van der Waals surface area contributed by atoms with Gasteiger partial charge in [-0.2, -0.15) is 0 Å². The molecule has 1 N–H and O–H groups in total. The summed E-state index contributed by atoms with van der Waals surface area (Å²) < 4.78 is 1.24. The van der Waals surface area contributed by atoms with Gasteiger partial charge in [-0.25, -0.2) is 0 Å². The molecule has 3 saturated carbocycles. The minimum atomic E-state index is 0.601. The first kappa shape index (κ1) is 13.1. The van der Waals surface area contributed by atoms with E-state index in [2.05, 4.69) is 54.2 Å². The van der Waals surface area contributed by atoms with Crippen LogP contribution in [0.3, 0.4) is 0 Å². The van der Waals surface area contributed by atoms with Crippen molar-refractivity contribution in [2.24, 2.45) is 23.2 Å². The van der Waals surface area contributed by atoms with Crippen LogP contribution in [-0.2, 0) is 6.54 Å². The maximum atomic E-state index is 3.79. The first-order chi connectivity index (χ1) is 8.48. The van der Waals surface area contributed by atoms with Gasteiger partial charge < -0.3 is 5.32 Å². The van der Waals surface area contributed by atoms with Gasteiger partial charge in [-0.1, -0.05) is 20.8 Å². The van der Waals surface area contributed by atoms with Gasteiger partial charge in [-0.15, -0.1) is 11.3 Å². The van der Waals surface area contributed by atoms with Gasteiger partial charge in [0.05, 0.1) is 3.79 Å². The predicted octanol–water partition coefficient (Wildman–Crippen LogP) is 4.67. The third-order valence-electron chi connectivity index (χ3n) is 5.52. The number of halogens is 1. The lowest BCUT2D eigenvalue weighted by molar-refractivity contribution is -0.115. The molecule has 0 radical (unpaired) electrons. The van der Waals surface area contributed by atoms with Crippen LogP contribution >= 0.6 is 27.3 Å². The number of hydrogen-bond acceptors (Lipinski definition) is 2. The molecule has 1 aromatic heterocycles. The van der Waals surface area contributed by atoms with Crippen molar-refractivity contribution >= 4 is 27.3 Å². The Bertz CT molecular complexity index is 439. The van der Waals surface area contributed by atoms with Gasteiger partial charge in [0.1, 0.15) is 0 Å². The first-order valence-electron chi connectivity index (χ1n) is 6.96. The number of thiophene rings is 1. The Labute approximate surface area is 122 Å². The summed E-state index contributed by atoms with van der Waals surface area (Å²) in [6.07, 6.45) is 2.84. The Morgan fingerprint density at radius 2 is 2.17 bits per heavy atom. The van der Waals surface area contributed by atoms with Gasteiger partial charge in [-0.05, 0) is 64.1 Å². The van der Waals surface area contributed by atoms with Crippen molar-refractivity contribution in [2.45, 2.75) is 46.2 Å². The van der Waals surface area contributed by atoms with Gasteiger partial charge in [0.2, 0.25) is 0 Å². The van der Waals surface area contributed by atoms with E-state index >= 15 is 0 Å². The molecule has 0 aliphatic heterocycles. The highest BCUT2D eigenvalue weighted by Crippen LogP contribution is 2.61. The third-order valence-corrected chi connectivity index (χ3v) is 7.15. The summed E-state index contributed by atoms with van der Waals surface area (Å²) in [6.45, 7) is 8.42. The van der Waals surface area contributed by atoms with Crippen LogP contribution in [0.4, 0.5) is 0 Å². The predicted molar refractivity (Wildman–Crippen MR) is 81.8 cm³/mol. The van der Waals surface area contributed by atoms with E-state index in [4.69, 9.17) is 0 Å². The molecular weight excluding hydrogens is 306 g/mol. The average Bonchev–Trinajstić information content (AvgIpc) is 2.73. The Hall–Kier alpha value is 0.140. The maximum Gasteiger partial charge on any atom is 0.0701 e. The van der Waals surface area contributed by atoms with Crippen LogP contribution in [0, 0.1) is 23.2 Å². The van der Waals surface area contributed by atoms with E-state index in [1.807, 2.05) is 11.3 Å². The van der Waals surface area contributed by atoms with Crippen LogP contribution in [0.25, 0.3) is 0 Å². The minimum Gasteiger partial charge on any atom is -0.309 e. The van der Waals surface area contributed by atoms with Gasteiger partial charge in [0.25, 0.3) is 0 Å². The van der Waals surface area contributed by atoms with E-state index in [1.54, 1.807) is 0 Å². The van der Waals surface area contributed by atoms with Crippen LogP contribution in [0.1, 0.15) is 38.5 Å². The van der Waals surface area contributed by atoms with E-state index in [-0.39, 0.29) is 0 Å². The fourth-order valence-corrected chi connectivity index (χ4v) is 5.53. The zero-order valence-electron chi connectivity index (χ0n) is 11.4. The summed E-state index contributed by atoms with van der Waals surface area (Å²) in [4.78, 5) is 1.44. The molecule has 3 fully saturated rings. The average molecular weight is 328 g/mol. The fraction of sp³-hybridized carbons (Fsp3) is 0.733. The van der Waals surface area contributed by atoms with Crippen LogP contribution in [-0.4, -0.2) is 6.04 Å².